The van der Waals surface area contributed by atoms with E-state index in [1.807, 2.05) is 55.5 Å². The van der Waals surface area contributed by atoms with Crippen LogP contribution in [0.4, 0.5) is 0 Å². The number of oxime groups is 1. The molecule has 0 unspecified atom stereocenters. The Balaban J connectivity index is 1.86. The molecule has 0 amide bonds. The highest BCUT2D eigenvalue weighted by molar-refractivity contribution is 6.30. The van der Waals surface area contributed by atoms with Crippen LogP contribution in [0.25, 0.3) is 0 Å². The molecule has 0 aliphatic carbocycles. The minimum Gasteiger partial charge on any atom is -0.489 e. The van der Waals surface area contributed by atoms with Gasteiger partial charge in [0.05, 0.1) is 5.71 Å². The molecule has 4 heteroatoms. The maximum Gasteiger partial charge on any atom is 0.119 e. The lowest BCUT2D eigenvalue weighted by Gasteiger charge is -2.07. The number of ether oxygens (including phenoxy) is 1. The van der Waals surface area contributed by atoms with Crippen molar-refractivity contribution >= 4 is 17.3 Å². The Morgan fingerprint density at radius 3 is 2.29 bits per heavy atom. The zero-order chi connectivity index (χ0) is 15.1. The summed E-state index contributed by atoms with van der Waals surface area (Å²) in [6.45, 7) is 2.33. The molecule has 0 fully saturated rings. The van der Waals surface area contributed by atoms with Gasteiger partial charge in [0.15, 0.2) is 0 Å². The Morgan fingerprint density at radius 1 is 1.05 bits per heavy atom. The van der Waals surface area contributed by atoms with Gasteiger partial charge in [-0.25, -0.2) is 0 Å². The van der Waals surface area contributed by atoms with Gasteiger partial charge in [0.2, 0.25) is 0 Å². The molecule has 0 aliphatic heterocycles. The molecule has 0 saturated carbocycles. The lowest BCUT2D eigenvalue weighted by atomic mass is 10.1. The summed E-state index contributed by atoms with van der Waals surface area (Å²) in [5.41, 5.74) is 3.01. The van der Waals surface area contributed by atoms with Crippen molar-refractivity contribution in [2.45, 2.75) is 26.4 Å². The minimum absolute atomic E-state index is 0.521. The van der Waals surface area contributed by atoms with E-state index in [0.717, 1.165) is 34.9 Å². The van der Waals surface area contributed by atoms with Crippen LogP contribution in [0.3, 0.4) is 0 Å². The SMILES string of the molecule is C/C(CCc1ccc(OCc2ccc(Cl)cc2)cc1)=N\O. The molecule has 2 aromatic carbocycles. The van der Waals surface area contributed by atoms with Crippen LogP contribution in [0.2, 0.25) is 5.02 Å². The summed E-state index contributed by atoms with van der Waals surface area (Å²) in [7, 11) is 0. The average Bonchev–Trinajstić information content (AvgIpc) is 2.53. The van der Waals surface area contributed by atoms with E-state index in [-0.39, 0.29) is 0 Å². The molecule has 21 heavy (non-hydrogen) atoms. The van der Waals surface area contributed by atoms with Gasteiger partial charge in [-0.05, 0) is 55.2 Å². The molecule has 0 aromatic heterocycles. The van der Waals surface area contributed by atoms with E-state index in [2.05, 4.69) is 5.16 Å². The first kappa shape index (κ1) is 15.4. The number of nitrogens with zero attached hydrogens (tertiary/aromatic N) is 1. The van der Waals surface area contributed by atoms with Crippen molar-refractivity contribution in [3.8, 4) is 5.75 Å². The smallest absolute Gasteiger partial charge is 0.119 e. The molecule has 3 nitrogen and oxygen atoms in total. The Bertz CT molecular complexity index is 591. The average molecular weight is 304 g/mol. The first-order chi connectivity index (χ1) is 10.2. The van der Waals surface area contributed by atoms with Gasteiger partial charge in [-0.2, -0.15) is 0 Å². The summed E-state index contributed by atoms with van der Waals surface area (Å²) in [6, 6.07) is 15.6. The van der Waals surface area contributed by atoms with E-state index in [9.17, 15) is 0 Å². The van der Waals surface area contributed by atoms with Crippen molar-refractivity contribution in [1.82, 2.24) is 0 Å². The van der Waals surface area contributed by atoms with Gasteiger partial charge in [0.1, 0.15) is 12.4 Å². The molecule has 0 aliphatic rings. The van der Waals surface area contributed by atoms with E-state index in [1.165, 1.54) is 5.56 Å². The highest BCUT2D eigenvalue weighted by Crippen LogP contribution is 2.16. The van der Waals surface area contributed by atoms with Crippen LogP contribution >= 0.6 is 11.6 Å². The summed E-state index contributed by atoms with van der Waals surface area (Å²) >= 11 is 5.84. The Hall–Kier alpha value is -2.00. The van der Waals surface area contributed by atoms with E-state index >= 15 is 0 Å². The van der Waals surface area contributed by atoms with Gasteiger partial charge in [0.25, 0.3) is 0 Å². The quantitative estimate of drug-likeness (QED) is 0.477. The molecule has 0 atom stereocenters. The summed E-state index contributed by atoms with van der Waals surface area (Å²) in [6.07, 6.45) is 1.61. The zero-order valence-electron chi connectivity index (χ0n) is 11.9. The van der Waals surface area contributed by atoms with Crippen LogP contribution in [0.5, 0.6) is 5.75 Å². The van der Waals surface area contributed by atoms with Crippen molar-refractivity contribution in [2.75, 3.05) is 0 Å². The van der Waals surface area contributed by atoms with Gasteiger partial charge in [-0.3, -0.25) is 0 Å². The maximum atomic E-state index is 8.61. The molecule has 0 spiro atoms. The van der Waals surface area contributed by atoms with Crippen LogP contribution in [-0.2, 0) is 13.0 Å². The van der Waals surface area contributed by atoms with Crippen molar-refractivity contribution in [1.29, 1.82) is 0 Å². The topological polar surface area (TPSA) is 41.8 Å². The number of halogens is 1. The summed E-state index contributed by atoms with van der Waals surface area (Å²) < 4.78 is 5.73. The zero-order valence-corrected chi connectivity index (χ0v) is 12.7. The van der Waals surface area contributed by atoms with Gasteiger partial charge < -0.3 is 9.94 Å². The van der Waals surface area contributed by atoms with Crippen molar-refractivity contribution in [2.24, 2.45) is 5.16 Å². The Kier molecular flexibility index (Phi) is 5.64. The second kappa shape index (κ2) is 7.70. The number of rotatable bonds is 6. The second-order valence-electron chi connectivity index (χ2n) is 4.89. The standard InChI is InChI=1S/C17H18ClNO2/c1-13(19-20)2-3-14-6-10-17(11-7-14)21-12-15-4-8-16(18)9-5-15/h4-11,20H,2-3,12H2,1H3/b19-13+. The molecule has 1 N–H and O–H groups in total. The fourth-order valence-corrected chi connectivity index (χ4v) is 2.00. The molecular formula is C17H18ClNO2. The van der Waals surface area contributed by atoms with Crippen LogP contribution in [-0.4, -0.2) is 10.9 Å². The van der Waals surface area contributed by atoms with Gasteiger partial charge in [-0.15, -0.1) is 0 Å². The largest absolute Gasteiger partial charge is 0.489 e. The van der Waals surface area contributed by atoms with Crippen LogP contribution in [0.15, 0.2) is 53.7 Å². The number of hydrogen-bond donors (Lipinski definition) is 1. The normalized spacial score (nSPS) is 11.4. The first-order valence-electron chi connectivity index (χ1n) is 6.81. The summed E-state index contributed by atoms with van der Waals surface area (Å²) in [5.74, 6) is 0.834. The molecule has 0 heterocycles. The van der Waals surface area contributed by atoms with E-state index in [4.69, 9.17) is 21.5 Å². The molecule has 2 aromatic rings. The summed E-state index contributed by atoms with van der Waals surface area (Å²) in [5, 5.41) is 12.5. The van der Waals surface area contributed by atoms with Crippen molar-refractivity contribution < 1.29 is 9.94 Å². The van der Waals surface area contributed by atoms with Crippen LogP contribution in [0, 0.1) is 0 Å². The lowest BCUT2D eigenvalue weighted by Crippen LogP contribution is -1.97. The molecule has 0 saturated heterocycles. The number of hydrogen-bond acceptors (Lipinski definition) is 3. The molecular weight excluding hydrogens is 286 g/mol. The van der Waals surface area contributed by atoms with E-state index in [1.54, 1.807) is 0 Å². The predicted octanol–water partition coefficient (Wildman–Crippen LogP) is 4.70. The van der Waals surface area contributed by atoms with Crippen LogP contribution < -0.4 is 4.74 Å². The number of aryl methyl sites for hydroxylation is 1. The number of benzene rings is 2. The van der Waals surface area contributed by atoms with E-state index in [0.29, 0.717) is 6.61 Å². The molecule has 0 bridgehead atoms. The van der Waals surface area contributed by atoms with Crippen LogP contribution in [0.1, 0.15) is 24.5 Å². The third kappa shape index (κ3) is 5.12. The predicted molar refractivity (Wildman–Crippen MR) is 85.4 cm³/mol. The maximum absolute atomic E-state index is 8.61. The third-order valence-electron chi connectivity index (χ3n) is 3.19. The monoisotopic (exact) mass is 303 g/mol. The highest BCUT2D eigenvalue weighted by atomic mass is 35.5. The third-order valence-corrected chi connectivity index (χ3v) is 3.44. The summed E-state index contributed by atoms with van der Waals surface area (Å²) in [4.78, 5) is 0. The fourth-order valence-electron chi connectivity index (χ4n) is 1.87. The Morgan fingerprint density at radius 2 is 1.67 bits per heavy atom. The molecule has 110 valence electrons. The van der Waals surface area contributed by atoms with Gasteiger partial charge >= 0.3 is 0 Å². The van der Waals surface area contributed by atoms with Gasteiger partial charge in [-0.1, -0.05) is 41.0 Å². The van der Waals surface area contributed by atoms with Crippen molar-refractivity contribution in [3.63, 3.8) is 0 Å². The second-order valence-corrected chi connectivity index (χ2v) is 5.33. The molecule has 0 radical (unpaired) electrons. The lowest BCUT2D eigenvalue weighted by molar-refractivity contribution is 0.306. The molecule has 2 rings (SSSR count). The Labute approximate surface area is 129 Å². The fraction of sp³-hybridized carbons (Fsp3) is 0.235. The minimum atomic E-state index is 0.521. The van der Waals surface area contributed by atoms with Gasteiger partial charge in [0, 0.05) is 5.02 Å². The van der Waals surface area contributed by atoms with Crippen molar-refractivity contribution in [3.05, 3.63) is 64.7 Å². The van der Waals surface area contributed by atoms with E-state index < -0.39 is 0 Å². The highest BCUT2D eigenvalue weighted by Gasteiger charge is 1.99. The first-order valence-corrected chi connectivity index (χ1v) is 7.19.